The van der Waals surface area contributed by atoms with Gasteiger partial charge >= 0.3 is 0 Å². The highest BCUT2D eigenvalue weighted by atomic mass is 14.1. The molecule has 0 N–H and O–H groups in total. The summed E-state index contributed by atoms with van der Waals surface area (Å²) in [7, 11) is 0. The number of hydrogen-bond donors (Lipinski definition) is 0. The average Bonchev–Trinajstić information content (AvgIpc) is 2.08. The van der Waals surface area contributed by atoms with Gasteiger partial charge in [-0.25, -0.2) is 0 Å². The highest BCUT2D eigenvalue weighted by molar-refractivity contribution is 4.94. The van der Waals surface area contributed by atoms with Crippen LogP contribution in [0.3, 0.4) is 0 Å². The van der Waals surface area contributed by atoms with Crippen LogP contribution >= 0.6 is 0 Å². The first kappa shape index (κ1) is 23.7. The van der Waals surface area contributed by atoms with Crippen molar-refractivity contribution in [2.75, 3.05) is 0 Å². The molecule has 0 aromatic rings. The molecule has 132 valence electrons. The molecule has 0 amide bonds. The van der Waals surface area contributed by atoms with Crippen LogP contribution in [0.4, 0.5) is 0 Å². The van der Waals surface area contributed by atoms with Gasteiger partial charge in [-0.3, -0.25) is 0 Å². The Balaban J connectivity index is 0. The summed E-state index contributed by atoms with van der Waals surface area (Å²) in [6.45, 7) is 27.0. The lowest BCUT2D eigenvalue weighted by Gasteiger charge is -2.17. The molecule has 0 saturated carbocycles. The molecule has 0 rings (SSSR count). The molecule has 0 aliphatic heterocycles. The summed E-state index contributed by atoms with van der Waals surface area (Å²) < 4.78 is 0. The molecule has 0 fully saturated rings. The van der Waals surface area contributed by atoms with E-state index in [1.165, 1.54) is 12.8 Å². The Bertz CT molecular complexity index is 290. The maximum atomic E-state index is 2.29. The molecular formula is C22H44. The molecule has 0 unspecified atom stereocenters. The van der Waals surface area contributed by atoms with Gasteiger partial charge in [0.05, 0.1) is 0 Å². The minimum absolute atomic E-state index is 0.339. The summed E-state index contributed by atoms with van der Waals surface area (Å²) in [5.41, 5.74) is 1.54. The molecule has 0 nitrogen and oxygen atoms in total. The van der Waals surface area contributed by atoms with Crippen molar-refractivity contribution in [3.8, 4) is 0 Å². The topological polar surface area (TPSA) is 0 Å². The van der Waals surface area contributed by atoms with E-state index >= 15 is 0 Å². The predicted octanol–water partition coefficient (Wildman–Crippen LogP) is 8.05. The van der Waals surface area contributed by atoms with E-state index < -0.39 is 0 Å². The fourth-order valence-corrected chi connectivity index (χ4v) is 1.53. The average molecular weight is 309 g/mol. The van der Waals surface area contributed by atoms with Gasteiger partial charge < -0.3 is 0 Å². The molecule has 0 radical (unpaired) electrons. The van der Waals surface area contributed by atoms with Crippen molar-refractivity contribution in [3.63, 3.8) is 0 Å². The van der Waals surface area contributed by atoms with Gasteiger partial charge in [0.2, 0.25) is 0 Å². The fraction of sp³-hybridized carbons (Fsp3) is 0.818. The van der Waals surface area contributed by atoms with Crippen LogP contribution in [0.15, 0.2) is 24.3 Å². The third-order valence-electron chi connectivity index (χ3n) is 2.70. The maximum Gasteiger partial charge on any atom is -0.0203 e. The van der Waals surface area contributed by atoms with E-state index in [0.717, 1.165) is 0 Å². The standard InChI is InChI=1S/2C11H22/c2*1-10(2,3)8-7-9-11(4,5)6/h2*7-8H,9H2,1-6H3/b2*8-7-. The Morgan fingerprint density at radius 1 is 0.455 bits per heavy atom. The van der Waals surface area contributed by atoms with Crippen LogP contribution in [-0.2, 0) is 0 Å². The molecule has 22 heavy (non-hydrogen) atoms. The van der Waals surface area contributed by atoms with Gasteiger partial charge in [0, 0.05) is 0 Å². The molecular weight excluding hydrogens is 264 g/mol. The van der Waals surface area contributed by atoms with E-state index in [0.29, 0.717) is 21.7 Å². The summed E-state index contributed by atoms with van der Waals surface area (Å²) in [5.74, 6) is 0. The van der Waals surface area contributed by atoms with Crippen molar-refractivity contribution in [1.29, 1.82) is 0 Å². The molecule has 0 aromatic carbocycles. The second-order valence-electron chi connectivity index (χ2n) is 11.1. The molecule has 0 aliphatic carbocycles. The molecule has 0 aliphatic rings. The Hall–Kier alpha value is -0.520. The molecule has 0 heterocycles. The van der Waals surface area contributed by atoms with E-state index in [1.54, 1.807) is 0 Å². The Labute approximate surface area is 142 Å². The first-order valence-corrected chi connectivity index (χ1v) is 8.77. The molecule has 0 bridgehead atoms. The maximum absolute atomic E-state index is 2.29. The Morgan fingerprint density at radius 3 is 0.818 bits per heavy atom. The van der Waals surface area contributed by atoms with Crippen molar-refractivity contribution < 1.29 is 0 Å². The summed E-state index contributed by atoms with van der Waals surface area (Å²) in [6.07, 6.45) is 11.5. The predicted molar refractivity (Wildman–Crippen MR) is 105 cm³/mol. The monoisotopic (exact) mass is 308 g/mol. The molecule has 0 atom stereocenters. The van der Waals surface area contributed by atoms with Gasteiger partial charge in [-0.1, -0.05) is 107 Å². The largest absolute Gasteiger partial charge is 0.0875 e. The van der Waals surface area contributed by atoms with E-state index in [2.05, 4.69) is 107 Å². The lowest BCUT2D eigenvalue weighted by molar-refractivity contribution is 0.416. The summed E-state index contributed by atoms with van der Waals surface area (Å²) in [6, 6.07) is 0. The highest BCUT2D eigenvalue weighted by Crippen LogP contribution is 2.22. The lowest BCUT2D eigenvalue weighted by Crippen LogP contribution is -2.04. The summed E-state index contributed by atoms with van der Waals surface area (Å²) in [4.78, 5) is 0. The van der Waals surface area contributed by atoms with Gasteiger partial charge in [-0.05, 0) is 34.5 Å². The van der Waals surface area contributed by atoms with E-state index in [-0.39, 0.29) is 0 Å². The van der Waals surface area contributed by atoms with E-state index in [1.807, 2.05) is 0 Å². The van der Waals surface area contributed by atoms with Gasteiger partial charge in [0.15, 0.2) is 0 Å². The van der Waals surface area contributed by atoms with Crippen molar-refractivity contribution in [2.24, 2.45) is 21.7 Å². The fourth-order valence-electron chi connectivity index (χ4n) is 1.53. The molecule has 0 spiro atoms. The van der Waals surface area contributed by atoms with Gasteiger partial charge in [0.1, 0.15) is 0 Å². The van der Waals surface area contributed by atoms with E-state index in [4.69, 9.17) is 0 Å². The first-order valence-electron chi connectivity index (χ1n) is 8.77. The van der Waals surface area contributed by atoms with Gasteiger partial charge in [-0.2, -0.15) is 0 Å². The number of rotatable bonds is 2. The third kappa shape index (κ3) is 27.8. The van der Waals surface area contributed by atoms with Crippen LogP contribution in [0.2, 0.25) is 0 Å². The van der Waals surface area contributed by atoms with Crippen LogP contribution in [-0.4, -0.2) is 0 Å². The second kappa shape index (κ2) is 8.94. The van der Waals surface area contributed by atoms with Crippen molar-refractivity contribution >= 4 is 0 Å². The summed E-state index contributed by atoms with van der Waals surface area (Å²) in [5, 5.41) is 0. The van der Waals surface area contributed by atoms with Gasteiger partial charge in [-0.15, -0.1) is 0 Å². The zero-order chi connectivity index (χ0) is 18.2. The first-order chi connectivity index (χ1) is 9.41. The summed E-state index contributed by atoms with van der Waals surface area (Å²) >= 11 is 0. The van der Waals surface area contributed by atoms with Crippen molar-refractivity contribution in [3.05, 3.63) is 24.3 Å². The molecule has 0 heteroatoms. The van der Waals surface area contributed by atoms with Gasteiger partial charge in [0.25, 0.3) is 0 Å². The second-order valence-corrected chi connectivity index (χ2v) is 11.1. The van der Waals surface area contributed by atoms with E-state index in [9.17, 15) is 0 Å². The zero-order valence-corrected chi connectivity index (χ0v) is 17.7. The minimum Gasteiger partial charge on any atom is -0.0875 e. The molecule has 0 saturated heterocycles. The Kier molecular flexibility index (Phi) is 9.65. The SMILES string of the molecule is CC(C)(C)/C=C\CC(C)(C)C.CC(C)(C)/C=C\CC(C)(C)C. The smallest absolute Gasteiger partial charge is 0.0203 e. The Morgan fingerprint density at radius 2 is 0.682 bits per heavy atom. The van der Waals surface area contributed by atoms with Crippen LogP contribution in [0.5, 0.6) is 0 Å². The van der Waals surface area contributed by atoms with Crippen LogP contribution in [0, 0.1) is 21.7 Å². The van der Waals surface area contributed by atoms with Crippen LogP contribution in [0.1, 0.15) is 95.9 Å². The number of hydrogen-bond acceptors (Lipinski definition) is 0. The lowest BCUT2D eigenvalue weighted by atomic mass is 9.89. The number of allylic oxidation sites excluding steroid dienone is 4. The zero-order valence-electron chi connectivity index (χ0n) is 17.7. The van der Waals surface area contributed by atoms with Crippen LogP contribution in [0.25, 0.3) is 0 Å². The minimum atomic E-state index is 0.339. The quantitative estimate of drug-likeness (QED) is 0.453. The third-order valence-corrected chi connectivity index (χ3v) is 2.70. The highest BCUT2D eigenvalue weighted by Gasteiger charge is 2.09. The van der Waals surface area contributed by atoms with Crippen molar-refractivity contribution in [2.45, 2.75) is 95.9 Å². The molecule has 0 aromatic heterocycles. The van der Waals surface area contributed by atoms with Crippen molar-refractivity contribution in [1.82, 2.24) is 0 Å². The normalized spacial score (nSPS) is 14.4. The van der Waals surface area contributed by atoms with Crippen LogP contribution < -0.4 is 0 Å².